The maximum Gasteiger partial charge on any atom is 0.338 e. The Morgan fingerprint density at radius 2 is 1.92 bits per heavy atom. The summed E-state index contributed by atoms with van der Waals surface area (Å²) in [5.74, 6) is 0.438. The number of carbonyl (C=O) groups is 1. The Morgan fingerprint density at radius 1 is 1.12 bits per heavy atom. The third-order valence-electron chi connectivity index (χ3n) is 4.27. The van der Waals surface area contributed by atoms with Crippen LogP contribution in [0.1, 0.15) is 34.8 Å². The van der Waals surface area contributed by atoms with Crippen molar-refractivity contribution in [2.24, 2.45) is 0 Å². The third-order valence-corrected chi connectivity index (χ3v) is 4.27. The molecule has 4 heteroatoms. The third kappa shape index (κ3) is 3.54. The number of hydrogen-bond donors (Lipinski definition) is 0. The minimum absolute atomic E-state index is 0.312. The van der Waals surface area contributed by atoms with Crippen LogP contribution in [0.25, 0.3) is 22.2 Å². The van der Waals surface area contributed by atoms with Crippen LogP contribution < -0.4 is 4.74 Å². The number of aryl methyl sites for hydroxylation is 2. The van der Waals surface area contributed by atoms with Gasteiger partial charge >= 0.3 is 5.97 Å². The number of hydrogen-bond acceptors (Lipinski definition) is 4. The summed E-state index contributed by atoms with van der Waals surface area (Å²) in [6, 6.07) is 13.6. The predicted octanol–water partition coefficient (Wildman–Crippen LogP) is 5.09. The van der Waals surface area contributed by atoms with Crippen molar-refractivity contribution in [3.63, 3.8) is 0 Å². The first-order valence-electron chi connectivity index (χ1n) is 8.77. The maximum absolute atomic E-state index is 12.7. The van der Waals surface area contributed by atoms with Gasteiger partial charge in [0.15, 0.2) is 0 Å². The highest BCUT2D eigenvalue weighted by atomic mass is 16.5. The molecule has 0 radical (unpaired) electrons. The van der Waals surface area contributed by atoms with E-state index >= 15 is 0 Å². The average molecular weight is 349 g/mol. The molecule has 0 N–H and O–H groups in total. The molecule has 3 aromatic rings. The SMILES string of the molecule is CCCOC(=O)c1cc(-c2cccc(OC)c2)nc2c(C)cc(C)cc12. The second-order valence-electron chi connectivity index (χ2n) is 6.40. The summed E-state index contributed by atoms with van der Waals surface area (Å²) in [6.45, 7) is 6.41. The summed E-state index contributed by atoms with van der Waals surface area (Å²) < 4.78 is 10.7. The van der Waals surface area contributed by atoms with Crippen LogP contribution in [-0.4, -0.2) is 24.7 Å². The molecule has 134 valence electrons. The first-order chi connectivity index (χ1) is 12.5. The molecule has 0 aliphatic heterocycles. The zero-order valence-electron chi connectivity index (χ0n) is 15.6. The van der Waals surface area contributed by atoms with Gasteiger partial charge in [0.25, 0.3) is 0 Å². The van der Waals surface area contributed by atoms with E-state index in [1.54, 1.807) is 7.11 Å². The Labute approximate surface area is 153 Å². The second-order valence-corrected chi connectivity index (χ2v) is 6.40. The number of ether oxygens (including phenoxy) is 2. The van der Waals surface area contributed by atoms with Crippen LogP contribution in [0.4, 0.5) is 0 Å². The summed E-state index contributed by atoms with van der Waals surface area (Å²) in [5, 5.41) is 0.829. The van der Waals surface area contributed by atoms with Crippen LogP contribution in [0.3, 0.4) is 0 Å². The van der Waals surface area contributed by atoms with E-state index in [0.29, 0.717) is 12.2 Å². The van der Waals surface area contributed by atoms with Gasteiger partial charge in [-0.15, -0.1) is 0 Å². The summed E-state index contributed by atoms with van der Waals surface area (Å²) >= 11 is 0. The molecule has 26 heavy (non-hydrogen) atoms. The van der Waals surface area contributed by atoms with Crippen LogP contribution in [0, 0.1) is 13.8 Å². The Morgan fingerprint density at radius 3 is 2.65 bits per heavy atom. The topological polar surface area (TPSA) is 48.4 Å². The Hall–Kier alpha value is -2.88. The van der Waals surface area contributed by atoms with E-state index in [-0.39, 0.29) is 5.97 Å². The van der Waals surface area contributed by atoms with E-state index in [2.05, 4.69) is 6.07 Å². The number of esters is 1. The molecule has 0 amide bonds. The van der Waals surface area contributed by atoms with Gasteiger partial charge in [-0.1, -0.05) is 30.7 Å². The number of carbonyl (C=O) groups excluding carboxylic acids is 1. The van der Waals surface area contributed by atoms with Gasteiger partial charge in [0, 0.05) is 10.9 Å². The smallest absolute Gasteiger partial charge is 0.338 e. The number of nitrogens with zero attached hydrogens (tertiary/aromatic N) is 1. The maximum atomic E-state index is 12.7. The Balaban J connectivity index is 2.23. The van der Waals surface area contributed by atoms with Gasteiger partial charge in [-0.25, -0.2) is 9.78 Å². The number of aromatic nitrogens is 1. The molecule has 0 bridgehead atoms. The van der Waals surface area contributed by atoms with Crippen molar-refractivity contribution in [3.8, 4) is 17.0 Å². The van der Waals surface area contributed by atoms with Crippen molar-refractivity contribution in [1.82, 2.24) is 4.98 Å². The number of benzene rings is 2. The zero-order chi connectivity index (χ0) is 18.7. The van der Waals surface area contributed by atoms with Gasteiger partial charge in [0.05, 0.1) is 30.5 Å². The van der Waals surface area contributed by atoms with E-state index in [1.165, 1.54) is 0 Å². The number of methoxy groups -OCH3 is 1. The van der Waals surface area contributed by atoms with E-state index < -0.39 is 0 Å². The second kappa shape index (κ2) is 7.56. The van der Waals surface area contributed by atoms with Crippen molar-refractivity contribution in [2.75, 3.05) is 13.7 Å². The molecular formula is C22H23NO3. The van der Waals surface area contributed by atoms with Crippen molar-refractivity contribution >= 4 is 16.9 Å². The average Bonchev–Trinajstić information content (AvgIpc) is 2.65. The molecule has 0 aliphatic rings. The fourth-order valence-corrected chi connectivity index (χ4v) is 3.05. The van der Waals surface area contributed by atoms with E-state index in [1.807, 2.05) is 57.2 Å². The molecule has 0 saturated carbocycles. The van der Waals surface area contributed by atoms with Crippen molar-refractivity contribution < 1.29 is 14.3 Å². The normalized spacial score (nSPS) is 10.8. The number of fused-ring (bicyclic) bond motifs is 1. The van der Waals surface area contributed by atoms with E-state index in [0.717, 1.165) is 45.5 Å². The molecule has 0 fully saturated rings. The van der Waals surface area contributed by atoms with E-state index in [4.69, 9.17) is 14.5 Å². The summed E-state index contributed by atoms with van der Waals surface area (Å²) in [5.41, 5.74) is 5.12. The Bertz CT molecular complexity index is 963. The molecule has 3 rings (SSSR count). The minimum Gasteiger partial charge on any atom is -0.497 e. The van der Waals surface area contributed by atoms with Crippen molar-refractivity contribution in [3.05, 3.63) is 59.2 Å². The quantitative estimate of drug-likeness (QED) is 0.602. The van der Waals surface area contributed by atoms with Crippen LogP contribution in [-0.2, 0) is 4.74 Å². The van der Waals surface area contributed by atoms with Crippen LogP contribution in [0.5, 0.6) is 5.75 Å². The largest absolute Gasteiger partial charge is 0.497 e. The molecular weight excluding hydrogens is 326 g/mol. The molecule has 0 atom stereocenters. The van der Waals surface area contributed by atoms with Crippen molar-refractivity contribution in [2.45, 2.75) is 27.2 Å². The van der Waals surface area contributed by atoms with Crippen LogP contribution in [0.2, 0.25) is 0 Å². The molecule has 1 heterocycles. The minimum atomic E-state index is -0.312. The zero-order valence-corrected chi connectivity index (χ0v) is 15.6. The van der Waals surface area contributed by atoms with Gasteiger partial charge in [-0.2, -0.15) is 0 Å². The standard InChI is InChI=1S/C22H23NO3/c1-5-9-26-22(24)19-13-20(16-7-6-8-17(12-16)25-4)23-21-15(3)10-14(2)11-18(19)21/h6-8,10-13H,5,9H2,1-4H3. The lowest BCUT2D eigenvalue weighted by molar-refractivity contribution is 0.0507. The Kier molecular flexibility index (Phi) is 5.21. The lowest BCUT2D eigenvalue weighted by Gasteiger charge is -2.13. The highest BCUT2D eigenvalue weighted by Crippen LogP contribution is 2.29. The monoisotopic (exact) mass is 349 g/mol. The van der Waals surface area contributed by atoms with Gasteiger partial charge in [-0.3, -0.25) is 0 Å². The number of pyridine rings is 1. The number of rotatable bonds is 5. The summed E-state index contributed by atoms with van der Waals surface area (Å²) in [6.07, 6.45) is 0.787. The van der Waals surface area contributed by atoms with Gasteiger partial charge in [-0.05, 0) is 50.1 Å². The highest BCUT2D eigenvalue weighted by Gasteiger charge is 2.17. The fraction of sp³-hybridized carbons (Fsp3) is 0.273. The molecule has 0 unspecified atom stereocenters. The van der Waals surface area contributed by atoms with Crippen LogP contribution in [0.15, 0.2) is 42.5 Å². The molecule has 0 aliphatic carbocycles. The lowest BCUT2D eigenvalue weighted by Crippen LogP contribution is -2.08. The van der Waals surface area contributed by atoms with Gasteiger partial charge in [0.2, 0.25) is 0 Å². The predicted molar refractivity (Wildman–Crippen MR) is 104 cm³/mol. The summed E-state index contributed by atoms with van der Waals surface area (Å²) in [7, 11) is 1.63. The molecule has 0 saturated heterocycles. The highest BCUT2D eigenvalue weighted by molar-refractivity contribution is 6.05. The van der Waals surface area contributed by atoms with Gasteiger partial charge < -0.3 is 9.47 Å². The van der Waals surface area contributed by atoms with Crippen LogP contribution >= 0.6 is 0 Å². The lowest BCUT2D eigenvalue weighted by atomic mass is 10.00. The van der Waals surface area contributed by atoms with E-state index in [9.17, 15) is 4.79 Å². The van der Waals surface area contributed by atoms with Crippen molar-refractivity contribution in [1.29, 1.82) is 0 Å². The summed E-state index contributed by atoms with van der Waals surface area (Å²) in [4.78, 5) is 17.5. The molecule has 0 spiro atoms. The molecule has 4 nitrogen and oxygen atoms in total. The first kappa shape index (κ1) is 17.9. The fourth-order valence-electron chi connectivity index (χ4n) is 3.05. The first-order valence-corrected chi connectivity index (χ1v) is 8.77. The molecule has 1 aromatic heterocycles. The molecule has 2 aromatic carbocycles. The van der Waals surface area contributed by atoms with Gasteiger partial charge in [0.1, 0.15) is 5.75 Å².